The highest BCUT2D eigenvalue weighted by molar-refractivity contribution is 5.77. The van der Waals surface area contributed by atoms with Gasteiger partial charge in [-0.25, -0.2) is 9.97 Å². The third kappa shape index (κ3) is 2.46. The fourth-order valence-electron chi connectivity index (χ4n) is 1.92. The molecule has 0 spiro atoms. The van der Waals surface area contributed by atoms with Gasteiger partial charge in [0.2, 0.25) is 5.91 Å². The molecule has 6 nitrogen and oxygen atoms in total. The molecule has 1 aliphatic rings. The maximum atomic E-state index is 11.3. The molecule has 1 fully saturated rings. The SMILES string of the molecule is Cc1nc(N)c(C)c(N2CCNC(=O)CC2)n1. The van der Waals surface area contributed by atoms with Crippen molar-refractivity contribution in [1.29, 1.82) is 0 Å². The topological polar surface area (TPSA) is 84.1 Å². The van der Waals surface area contributed by atoms with Gasteiger partial charge < -0.3 is 16.0 Å². The summed E-state index contributed by atoms with van der Waals surface area (Å²) in [5, 5.41) is 2.84. The fraction of sp³-hybridized carbons (Fsp3) is 0.545. The van der Waals surface area contributed by atoms with E-state index in [2.05, 4.69) is 20.2 Å². The van der Waals surface area contributed by atoms with Gasteiger partial charge in [-0.3, -0.25) is 4.79 Å². The Balaban J connectivity index is 2.29. The molecule has 1 aliphatic heterocycles. The van der Waals surface area contributed by atoms with Crippen LogP contribution in [0.25, 0.3) is 0 Å². The Kier molecular flexibility index (Phi) is 3.12. The Morgan fingerprint density at radius 1 is 1.29 bits per heavy atom. The van der Waals surface area contributed by atoms with Gasteiger partial charge in [0, 0.05) is 31.6 Å². The Morgan fingerprint density at radius 3 is 2.82 bits per heavy atom. The highest BCUT2D eigenvalue weighted by atomic mass is 16.1. The summed E-state index contributed by atoms with van der Waals surface area (Å²) in [4.78, 5) is 21.9. The quantitative estimate of drug-likeness (QED) is 0.716. The lowest BCUT2D eigenvalue weighted by atomic mass is 10.2. The number of nitrogen functional groups attached to an aromatic ring is 1. The number of nitrogens with two attached hydrogens (primary N) is 1. The van der Waals surface area contributed by atoms with Crippen molar-refractivity contribution in [2.75, 3.05) is 30.3 Å². The van der Waals surface area contributed by atoms with Crippen LogP contribution in [0.15, 0.2) is 0 Å². The van der Waals surface area contributed by atoms with E-state index >= 15 is 0 Å². The van der Waals surface area contributed by atoms with E-state index in [-0.39, 0.29) is 5.91 Å². The molecule has 0 radical (unpaired) electrons. The number of anilines is 2. The number of aryl methyl sites for hydroxylation is 1. The first-order valence-electron chi connectivity index (χ1n) is 5.70. The summed E-state index contributed by atoms with van der Waals surface area (Å²) in [5.74, 6) is 2.10. The molecule has 2 rings (SSSR count). The summed E-state index contributed by atoms with van der Waals surface area (Å²) >= 11 is 0. The predicted octanol–water partition coefficient (Wildman–Crippen LogP) is 0.00194. The van der Waals surface area contributed by atoms with Gasteiger partial charge in [0.25, 0.3) is 0 Å². The zero-order valence-corrected chi connectivity index (χ0v) is 10.2. The number of rotatable bonds is 1. The fourth-order valence-corrected chi connectivity index (χ4v) is 1.92. The minimum absolute atomic E-state index is 0.0869. The van der Waals surface area contributed by atoms with Gasteiger partial charge in [0.05, 0.1) is 0 Å². The first-order valence-corrected chi connectivity index (χ1v) is 5.70. The molecule has 3 N–H and O–H groups in total. The van der Waals surface area contributed by atoms with E-state index in [9.17, 15) is 4.79 Å². The number of amides is 1. The van der Waals surface area contributed by atoms with Crippen LogP contribution in [0.2, 0.25) is 0 Å². The number of hydrogen-bond donors (Lipinski definition) is 2. The lowest BCUT2D eigenvalue weighted by Crippen LogP contribution is -2.30. The zero-order chi connectivity index (χ0) is 12.4. The smallest absolute Gasteiger partial charge is 0.221 e. The van der Waals surface area contributed by atoms with Crippen molar-refractivity contribution in [3.63, 3.8) is 0 Å². The molecule has 0 atom stereocenters. The third-order valence-electron chi connectivity index (χ3n) is 2.88. The number of nitrogens with zero attached hydrogens (tertiary/aromatic N) is 3. The van der Waals surface area contributed by atoms with Crippen LogP contribution in [-0.4, -0.2) is 35.5 Å². The monoisotopic (exact) mass is 235 g/mol. The van der Waals surface area contributed by atoms with Gasteiger partial charge in [-0.1, -0.05) is 0 Å². The molecule has 6 heteroatoms. The third-order valence-corrected chi connectivity index (χ3v) is 2.88. The van der Waals surface area contributed by atoms with Gasteiger partial charge >= 0.3 is 0 Å². The van der Waals surface area contributed by atoms with Crippen LogP contribution in [0.4, 0.5) is 11.6 Å². The highest BCUT2D eigenvalue weighted by Crippen LogP contribution is 2.21. The summed E-state index contributed by atoms with van der Waals surface area (Å²) < 4.78 is 0. The molecule has 1 saturated heterocycles. The second-order valence-electron chi connectivity index (χ2n) is 4.19. The van der Waals surface area contributed by atoms with E-state index in [4.69, 9.17) is 5.73 Å². The summed E-state index contributed by atoms with van der Waals surface area (Å²) in [6, 6.07) is 0. The van der Waals surface area contributed by atoms with E-state index in [0.29, 0.717) is 31.2 Å². The number of carbonyl (C=O) groups is 1. The van der Waals surface area contributed by atoms with Crippen molar-refractivity contribution in [3.05, 3.63) is 11.4 Å². The van der Waals surface area contributed by atoms with Crippen LogP contribution >= 0.6 is 0 Å². The largest absolute Gasteiger partial charge is 0.383 e. The number of carbonyl (C=O) groups excluding carboxylic acids is 1. The molecule has 0 aromatic carbocycles. The van der Waals surface area contributed by atoms with E-state index in [1.54, 1.807) is 0 Å². The maximum Gasteiger partial charge on any atom is 0.221 e. The molecule has 1 aromatic rings. The van der Waals surface area contributed by atoms with E-state index < -0.39 is 0 Å². The van der Waals surface area contributed by atoms with Gasteiger partial charge in [0.1, 0.15) is 17.5 Å². The molecule has 1 aromatic heterocycles. The normalized spacial score (nSPS) is 16.6. The van der Waals surface area contributed by atoms with E-state index in [0.717, 1.165) is 17.9 Å². The molecule has 1 amide bonds. The summed E-state index contributed by atoms with van der Waals surface area (Å²) in [7, 11) is 0. The minimum Gasteiger partial charge on any atom is -0.383 e. The second kappa shape index (κ2) is 4.57. The molecule has 92 valence electrons. The number of aromatic nitrogens is 2. The summed E-state index contributed by atoms with van der Waals surface area (Å²) in [6.07, 6.45) is 0.488. The lowest BCUT2D eigenvalue weighted by molar-refractivity contribution is -0.120. The minimum atomic E-state index is 0.0869. The molecule has 0 unspecified atom stereocenters. The van der Waals surface area contributed by atoms with Crippen molar-refractivity contribution in [2.24, 2.45) is 0 Å². The number of hydrogen-bond acceptors (Lipinski definition) is 5. The van der Waals surface area contributed by atoms with E-state index in [1.807, 2.05) is 13.8 Å². The maximum absolute atomic E-state index is 11.3. The van der Waals surface area contributed by atoms with Crippen molar-refractivity contribution in [2.45, 2.75) is 20.3 Å². The highest BCUT2D eigenvalue weighted by Gasteiger charge is 2.18. The molecule has 2 heterocycles. The molecule has 0 bridgehead atoms. The van der Waals surface area contributed by atoms with Crippen LogP contribution in [-0.2, 0) is 4.79 Å². The van der Waals surface area contributed by atoms with Gasteiger partial charge in [-0.2, -0.15) is 0 Å². The van der Waals surface area contributed by atoms with Gasteiger partial charge in [-0.05, 0) is 13.8 Å². The van der Waals surface area contributed by atoms with Crippen LogP contribution in [0, 0.1) is 13.8 Å². The standard InChI is InChI=1S/C11H17N5O/c1-7-10(12)14-8(2)15-11(7)16-5-3-9(17)13-4-6-16/h3-6H2,1-2H3,(H,13,17)(H2,12,14,15). The second-order valence-corrected chi connectivity index (χ2v) is 4.19. The van der Waals surface area contributed by atoms with Crippen LogP contribution in [0.5, 0.6) is 0 Å². The van der Waals surface area contributed by atoms with Crippen LogP contribution < -0.4 is 16.0 Å². The van der Waals surface area contributed by atoms with Gasteiger partial charge in [-0.15, -0.1) is 0 Å². The zero-order valence-electron chi connectivity index (χ0n) is 10.2. The molecular weight excluding hydrogens is 218 g/mol. The summed E-state index contributed by atoms with van der Waals surface area (Å²) in [5.41, 5.74) is 6.71. The molecule has 17 heavy (non-hydrogen) atoms. The van der Waals surface area contributed by atoms with Crippen molar-refractivity contribution < 1.29 is 4.79 Å². The lowest BCUT2D eigenvalue weighted by Gasteiger charge is -2.23. The first-order chi connectivity index (χ1) is 8.08. The molecule has 0 saturated carbocycles. The average Bonchev–Trinajstić information content (AvgIpc) is 2.48. The summed E-state index contributed by atoms with van der Waals surface area (Å²) in [6.45, 7) is 5.79. The average molecular weight is 235 g/mol. The Hall–Kier alpha value is -1.85. The molecule has 0 aliphatic carbocycles. The number of nitrogens with one attached hydrogen (secondary N) is 1. The van der Waals surface area contributed by atoms with Crippen LogP contribution in [0.1, 0.15) is 17.8 Å². The first kappa shape index (κ1) is 11.6. The van der Waals surface area contributed by atoms with Crippen LogP contribution in [0.3, 0.4) is 0 Å². The van der Waals surface area contributed by atoms with Gasteiger partial charge in [0.15, 0.2) is 0 Å². The van der Waals surface area contributed by atoms with Crippen molar-refractivity contribution >= 4 is 17.5 Å². The molecular formula is C11H17N5O. The predicted molar refractivity (Wildman–Crippen MR) is 65.8 cm³/mol. The van der Waals surface area contributed by atoms with Crippen molar-refractivity contribution in [1.82, 2.24) is 15.3 Å². The Morgan fingerprint density at radius 2 is 2.06 bits per heavy atom. The van der Waals surface area contributed by atoms with E-state index in [1.165, 1.54) is 0 Å². The Labute approximate surface area is 100 Å². The Bertz CT molecular complexity index is 446. The van der Waals surface area contributed by atoms with Crippen molar-refractivity contribution in [3.8, 4) is 0 Å².